The number of thiazole rings is 1. The second-order valence-electron chi connectivity index (χ2n) is 23.3. The van der Waals surface area contributed by atoms with Crippen molar-refractivity contribution in [3.63, 3.8) is 0 Å². The highest BCUT2D eigenvalue weighted by atomic mass is 32.1. The summed E-state index contributed by atoms with van der Waals surface area (Å²) in [5.74, 6) is 6.04. The number of morpholine rings is 1. The molecule has 2 amide bonds. The van der Waals surface area contributed by atoms with Gasteiger partial charge in [-0.05, 0) is 82.6 Å². The molecule has 420 valence electrons. The topological polar surface area (TPSA) is 174 Å². The van der Waals surface area contributed by atoms with Gasteiger partial charge in [0, 0.05) is 129 Å². The van der Waals surface area contributed by atoms with Crippen molar-refractivity contribution in [2.75, 3.05) is 99.2 Å². The lowest BCUT2D eigenvalue weighted by atomic mass is 9.84. The van der Waals surface area contributed by atoms with Crippen LogP contribution in [0.2, 0.25) is 0 Å². The van der Waals surface area contributed by atoms with Crippen LogP contribution in [-0.2, 0) is 55.8 Å². The fraction of sp³-hybridized carbons (Fsp3) is 0.644. The number of hydrogen-bond acceptors (Lipinski definition) is 16. The number of nitrogens with one attached hydrogen (secondary N) is 2. The number of fused-ring (bicyclic) bond motifs is 6. The van der Waals surface area contributed by atoms with E-state index in [0.29, 0.717) is 90.1 Å². The monoisotopic (exact) mass is 1090 g/mol. The van der Waals surface area contributed by atoms with Crippen molar-refractivity contribution in [1.29, 1.82) is 0 Å². The van der Waals surface area contributed by atoms with Gasteiger partial charge in [0.15, 0.2) is 0 Å². The molecular formula is C59H79N9O9S. The number of benzene rings is 1. The van der Waals surface area contributed by atoms with Crippen LogP contribution in [0.5, 0.6) is 0 Å². The van der Waals surface area contributed by atoms with Crippen molar-refractivity contribution < 1.29 is 42.8 Å². The molecule has 7 aliphatic rings. The van der Waals surface area contributed by atoms with Crippen LogP contribution < -0.4 is 10.7 Å². The fourth-order valence-electron chi connectivity index (χ4n) is 12.2. The van der Waals surface area contributed by atoms with Crippen LogP contribution >= 0.6 is 11.3 Å². The molecule has 6 aliphatic heterocycles. The van der Waals surface area contributed by atoms with Crippen molar-refractivity contribution in [3.8, 4) is 34.4 Å². The van der Waals surface area contributed by atoms with Gasteiger partial charge in [0.1, 0.15) is 23.2 Å². The third-order valence-electron chi connectivity index (χ3n) is 17.0. The predicted molar refractivity (Wildman–Crippen MR) is 296 cm³/mol. The molecule has 11 rings (SSSR count). The Bertz CT molecular complexity index is 2860. The number of piperazine rings is 1. The molecule has 6 fully saturated rings. The molecule has 0 unspecified atom stereocenters. The van der Waals surface area contributed by atoms with Crippen molar-refractivity contribution in [3.05, 3.63) is 57.7 Å². The molecule has 6 bridgehead atoms. The molecule has 7 atom stereocenters. The number of hydrogen-bond donors (Lipinski definition) is 2. The van der Waals surface area contributed by atoms with E-state index in [1.54, 1.807) is 7.11 Å². The van der Waals surface area contributed by atoms with Gasteiger partial charge in [-0.25, -0.2) is 10.4 Å². The molecule has 5 saturated heterocycles. The summed E-state index contributed by atoms with van der Waals surface area (Å²) in [4.78, 5) is 61.5. The highest BCUT2D eigenvalue weighted by molar-refractivity contribution is 7.10. The molecule has 18 nitrogen and oxygen atoms in total. The maximum absolute atomic E-state index is 15.1. The Labute approximate surface area is 463 Å². The first kappa shape index (κ1) is 55.1. The van der Waals surface area contributed by atoms with Gasteiger partial charge >= 0.3 is 5.97 Å². The van der Waals surface area contributed by atoms with E-state index in [0.717, 1.165) is 95.3 Å². The quantitative estimate of drug-likeness (QED) is 0.129. The first-order chi connectivity index (χ1) is 37.8. The summed E-state index contributed by atoms with van der Waals surface area (Å²) in [5, 5.41) is 8.43. The number of aromatic nitrogens is 3. The Morgan fingerprint density at radius 2 is 1.76 bits per heavy atom. The minimum absolute atomic E-state index is 0.000602. The fourth-order valence-corrected chi connectivity index (χ4v) is 13.2. The number of methoxy groups -OCH3 is 1. The molecule has 1 aromatic carbocycles. The lowest BCUT2D eigenvalue weighted by molar-refractivity contribution is -0.163. The number of pyridine rings is 1. The average Bonchev–Trinajstić information content (AvgIpc) is 4.20. The molecule has 9 heterocycles. The summed E-state index contributed by atoms with van der Waals surface area (Å²) in [7, 11) is 1.72. The molecular weight excluding hydrogens is 1010 g/mol. The van der Waals surface area contributed by atoms with E-state index in [4.69, 9.17) is 38.4 Å². The number of rotatable bonds is 12. The summed E-state index contributed by atoms with van der Waals surface area (Å²) < 4.78 is 38.8. The number of hydrazine groups is 1. The zero-order valence-corrected chi connectivity index (χ0v) is 47.2. The lowest BCUT2D eigenvalue weighted by Gasteiger charge is -2.42. The van der Waals surface area contributed by atoms with Gasteiger partial charge in [-0.1, -0.05) is 38.7 Å². The third kappa shape index (κ3) is 12.1. The molecule has 1 aliphatic carbocycles. The van der Waals surface area contributed by atoms with Crippen LogP contribution in [0.1, 0.15) is 107 Å². The van der Waals surface area contributed by atoms with Crippen molar-refractivity contribution >= 4 is 40.0 Å². The van der Waals surface area contributed by atoms with E-state index >= 15 is 4.79 Å². The average molecular weight is 1090 g/mol. The molecule has 2 N–H and O–H groups in total. The largest absolute Gasteiger partial charge is 0.464 e. The SMILES string of the molecule is CO[C@@H](C)c1ncc(C#C[C@@H](C)N2CCN(C3CC3)CC2)cc1-c1c2c3cc(ccc3n1CCOC1CCOCC1)-c1csc(n1)[C@@H](N1CCOCC1)[C@H](NC(=O)[C@H]1OC[C@@H]1C)C(=O)N1CCC[C@H](N1)C(=O)OCC(C)(C)C2. The Hall–Kier alpha value is -4.85. The number of ether oxygens (including phenoxy) is 6. The van der Waals surface area contributed by atoms with Gasteiger partial charge in [-0.3, -0.25) is 39.1 Å². The first-order valence-electron chi connectivity index (χ1n) is 28.6. The van der Waals surface area contributed by atoms with Crippen LogP contribution in [0, 0.1) is 23.2 Å². The second kappa shape index (κ2) is 24.1. The van der Waals surface area contributed by atoms with E-state index in [-0.39, 0.29) is 42.6 Å². The molecule has 78 heavy (non-hydrogen) atoms. The predicted octanol–water partition coefficient (Wildman–Crippen LogP) is 5.76. The summed E-state index contributed by atoms with van der Waals surface area (Å²) in [6.45, 7) is 20.0. The standard InChI is InChI=1S/C59H79N9O9S/c1-37-34-76-54(37)55(69)62-51-53(66-22-27-74-28-23-66)56-61-48(35-78-56)41-11-14-49-44(31-41)46(32-59(4,5)36-77-58(71)47-8-7-17-68(63-47)57(51)70)52(67(49)24-29-75-43-15-25-73-26-16-43)45-30-40(33-60-50(45)39(3)72-6)10-9-38(2)64-18-20-65(21-19-64)42-12-13-42/h11,14,30-31,33,35,37-39,42-43,47,51,53-54,63H,7-8,12-13,15-29,32,34,36H2,1-6H3,(H,62,69)/t37-,38+,39-,47-,51-,53-,54-/m0/s1. The maximum atomic E-state index is 15.1. The van der Waals surface area contributed by atoms with E-state index < -0.39 is 35.6 Å². The second-order valence-corrected chi connectivity index (χ2v) is 24.2. The summed E-state index contributed by atoms with van der Waals surface area (Å²) in [6, 6.07) is 7.08. The Morgan fingerprint density at radius 1 is 0.974 bits per heavy atom. The highest BCUT2D eigenvalue weighted by Crippen LogP contribution is 2.43. The summed E-state index contributed by atoms with van der Waals surface area (Å²) in [6.07, 6.45) is 6.86. The molecule has 0 spiro atoms. The third-order valence-corrected chi connectivity index (χ3v) is 17.9. The van der Waals surface area contributed by atoms with Gasteiger partial charge in [-0.2, -0.15) is 0 Å². The van der Waals surface area contributed by atoms with Crippen LogP contribution in [0.4, 0.5) is 0 Å². The van der Waals surface area contributed by atoms with Crippen LogP contribution in [-0.4, -0.2) is 188 Å². The van der Waals surface area contributed by atoms with Crippen molar-refractivity contribution in [2.24, 2.45) is 11.3 Å². The molecule has 3 aromatic heterocycles. The maximum Gasteiger partial charge on any atom is 0.324 e. The van der Waals surface area contributed by atoms with Gasteiger partial charge in [0.25, 0.3) is 5.91 Å². The Balaban J connectivity index is 1.05. The van der Waals surface area contributed by atoms with Crippen LogP contribution in [0.15, 0.2) is 35.8 Å². The summed E-state index contributed by atoms with van der Waals surface area (Å²) in [5.41, 5.74) is 9.94. The summed E-state index contributed by atoms with van der Waals surface area (Å²) >= 11 is 1.48. The minimum Gasteiger partial charge on any atom is -0.464 e. The smallest absolute Gasteiger partial charge is 0.324 e. The zero-order valence-electron chi connectivity index (χ0n) is 46.4. The Morgan fingerprint density at radius 3 is 2.49 bits per heavy atom. The molecule has 1 saturated carbocycles. The number of carbonyl (C=O) groups is 3. The number of cyclic esters (lactones) is 1. The van der Waals surface area contributed by atoms with E-state index in [2.05, 4.69) is 92.3 Å². The van der Waals surface area contributed by atoms with E-state index in [9.17, 15) is 9.59 Å². The molecule has 4 aromatic rings. The zero-order chi connectivity index (χ0) is 54.1. The number of amides is 2. The highest BCUT2D eigenvalue weighted by Gasteiger charge is 2.45. The lowest BCUT2D eigenvalue weighted by Crippen LogP contribution is -2.64. The van der Waals surface area contributed by atoms with Crippen molar-refractivity contribution in [2.45, 2.75) is 135 Å². The molecule has 0 radical (unpaired) electrons. The number of esters is 1. The van der Waals surface area contributed by atoms with E-state index in [1.165, 1.54) is 29.2 Å². The van der Waals surface area contributed by atoms with Crippen LogP contribution in [0.3, 0.4) is 0 Å². The van der Waals surface area contributed by atoms with Gasteiger partial charge in [0.05, 0.1) is 74.4 Å². The van der Waals surface area contributed by atoms with E-state index in [1.807, 2.05) is 20.0 Å². The normalized spacial score (nSPS) is 26.8. The Kier molecular flexibility index (Phi) is 17.0. The minimum atomic E-state index is -1.07. The number of carbonyl (C=O) groups excluding carboxylic acids is 3. The molecule has 19 heteroatoms. The van der Waals surface area contributed by atoms with Gasteiger partial charge in [0.2, 0.25) is 5.91 Å². The van der Waals surface area contributed by atoms with Crippen molar-refractivity contribution in [1.82, 2.24) is 45.0 Å². The van der Waals surface area contributed by atoms with Gasteiger partial charge < -0.3 is 38.3 Å². The van der Waals surface area contributed by atoms with Crippen LogP contribution in [0.25, 0.3) is 33.4 Å². The number of nitrogens with zero attached hydrogens (tertiary/aromatic N) is 7. The van der Waals surface area contributed by atoms with Gasteiger partial charge in [-0.15, -0.1) is 11.3 Å². The first-order valence-corrected chi connectivity index (χ1v) is 29.5.